The maximum Gasteiger partial charge on any atom is 0.222 e. The summed E-state index contributed by atoms with van der Waals surface area (Å²) >= 11 is 17.7. The van der Waals surface area contributed by atoms with E-state index in [0.29, 0.717) is 47.2 Å². The quantitative estimate of drug-likeness (QED) is 0.0836. The fourth-order valence-corrected chi connectivity index (χ4v) is 11.4. The summed E-state index contributed by atoms with van der Waals surface area (Å²) in [6.07, 6.45) is 22.9. The number of aryl methyl sites for hydroxylation is 2. The molecule has 2 saturated carbocycles. The molecule has 4 heterocycles. The van der Waals surface area contributed by atoms with Crippen molar-refractivity contribution < 1.29 is 16.8 Å². The number of rotatable bonds is 12. The van der Waals surface area contributed by atoms with Gasteiger partial charge in [-0.05, 0) is 124 Å². The van der Waals surface area contributed by atoms with Crippen molar-refractivity contribution in [3.05, 3.63) is 158 Å². The number of nitrogens with two attached hydrogens (primary N) is 3. The average molecular weight is 1030 g/mol. The molecule has 0 radical (unpaired) electrons. The van der Waals surface area contributed by atoms with Crippen LogP contribution in [0.25, 0.3) is 24.3 Å². The van der Waals surface area contributed by atoms with E-state index in [4.69, 9.17) is 52.0 Å². The Morgan fingerprint density at radius 2 is 0.913 bits per heavy atom. The predicted molar refractivity (Wildman–Crippen MR) is 278 cm³/mol. The maximum atomic E-state index is 12.7. The van der Waals surface area contributed by atoms with Gasteiger partial charge in [0.05, 0.1) is 42.7 Å². The lowest BCUT2D eigenvalue weighted by Gasteiger charge is -2.26. The monoisotopic (exact) mass is 1030 g/mol. The number of benzene rings is 2. The van der Waals surface area contributed by atoms with E-state index in [2.05, 4.69) is 35.2 Å². The molecule has 0 saturated heterocycles. The van der Waals surface area contributed by atoms with Crippen molar-refractivity contribution in [2.45, 2.75) is 111 Å². The smallest absolute Gasteiger partial charge is 0.222 e. The van der Waals surface area contributed by atoms with Gasteiger partial charge in [0.15, 0.2) is 19.7 Å². The Labute approximate surface area is 420 Å². The molecule has 0 aliphatic heterocycles. The van der Waals surface area contributed by atoms with Crippen LogP contribution in [0.3, 0.4) is 0 Å². The zero-order chi connectivity index (χ0) is 49.6. The maximum absolute atomic E-state index is 12.7. The van der Waals surface area contributed by atoms with Crippen LogP contribution in [0.5, 0.6) is 0 Å². The van der Waals surface area contributed by atoms with Crippen LogP contribution in [0.15, 0.2) is 107 Å². The second kappa shape index (κ2) is 25.1. The summed E-state index contributed by atoms with van der Waals surface area (Å²) in [5.74, 6) is 0.197. The number of nitrogens with zero attached hydrogens (tertiary/aromatic N) is 6. The molecule has 364 valence electrons. The third-order valence-corrected chi connectivity index (χ3v) is 16.0. The molecule has 69 heavy (non-hydrogen) atoms. The standard InChI is InChI=1S/C25H28ClN5O2S.C19H15Cl2N3O2S.C6H14N2/c1-17-19(8-11-22(30-17)16-34(32,33)24-5-3-2-4-23(24)26)7-6-18-14-28-25(29-15-18)31-21-12-9-20(27)10-13-21;1-13-15(7-6-14-10-22-19(21)23-11-14)8-9-16(24-13)12-27(25,26)18-5-3-2-4-17(18)20;7-5-1-2-6(8)4-3-5/h2-8,11,14-15,20-21H,9-10,12-13,16,27H2,1H3,(H,28,29,31);2-11H,12H2,1H3;5-6H,1-4,7-8H2/b2*7-6+;. The van der Waals surface area contributed by atoms with E-state index < -0.39 is 19.7 Å². The average Bonchev–Trinajstić information content (AvgIpc) is 3.31. The molecule has 2 aliphatic rings. The molecule has 0 amide bonds. The fraction of sp³-hybridized carbons (Fsp3) is 0.320. The summed E-state index contributed by atoms with van der Waals surface area (Å²) in [4.78, 5) is 25.8. The van der Waals surface area contributed by atoms with Gasteiger partial charge >= 0.3 is 0 Å². The molecule has 6 aromatic rings. The molecule has 0 atom stereocenters. The second-order valence-electron chi connectivity index (χ2n) is 17.1. The first-order chi connectivity index (χ1) is 32.9. The van der Waals surface area contributed by atoms with E-state index in [0.717, 1.165) is 79.3 Å². The van der Waals surface area contributed by atoms with Crippen molar-refractivity contribution >= 4 is 84.7 Å². The van der Waals surface area contributed by atoms with Gasteiger partial charge in [-0.1, -0.05) is 83.9 Å². The SMILES string of the molecule is Cc1nc(CS(=O)(=O)c2ccccc2Cl)ccc1/C=C/c1cnc(Cl)nc1.Cc1nc(CS(=O)(=O)c2ccccc2Cl)ccc1/C=C/c1cnc(NC2CCC(N)CC2)nc1.NC1CCC(N)CC1. The highest BCUT2D eigenvalue weighted by atomic mass is 35.5. The van der Waals surface area contributed by atoms with E-state index >= 15 is 0 Å². The van der Waals surface area contributed by atoms with Gasteiger partial charge in [0.2, 0.25) is 11.2 Å². The van der Waals surface area contributed by atoms with Gasteiger partial charge in [0, 0.05) is 71.5 Å². The summed E-state index contributed by atoms with van der Waals surface area (Å²) in [6, 6.07) is 21.5. The summed E-state index contributed by atoms with van der Waals surface area (Å²) < 4.78 is 50.7. The van der Waals surface area contributed by atoms with Crippen LogP contribution in [0.4, 0.5) is 5.95 Å². The Morgan fingerprint density at radius 1 is 0.536 bits per heavy atom. The second-order valence-corrected chi connectivity index (χ2v) is 22.1. The lowest BCUT2D eigenvalue weighted by Crippen LogP contribution is -2.33. The number of anilines is 1. The summed E-state index contributed by atoms with van der Waals surface area (Å²) in [7, 11) is -7.16. The van der Waals surface area contributed by atoms with Crippen molar-refractivity contribution in [3.8, 4) is 0 Å². The topological polar surface area (TPSA) is 236 Å². The van der Waals surface area contributed by atoms with Crippen LogP contribution in [0.1, 0.15) is 96.4 Å². The highest BCUT2D eigenvalue weighted by Crippen LogP contribution is 2.27. The van der Waals surface area contributed by atoms with Crippen molar-refractivity contribution in [2.75, 3.05) is 5.32 Å². The fourth-order valence-electron chi connectivity index (χ4n) is 7.57. The van der Waals surface area contributed by atoms with Crippen LogP contribution in [-0.4, -0.2) is 70.9 Å². The third kappa shape index (κ3) is 16.5. The van der Waals surface area contributed by atoms with E-state index in [1.807, 2.05) is 50.3 Å². The molecule has 19 heteroatoms. The molecule has 0 bridgehead atoms. The first kappa shape index (κ1) is 53.2. The molecule has 0 spiro atoms. The van der Waals surface area contributed by atoms with E-state index in [9.17, 15) is 16.8 Å². The minimum Gasteiger partial charge on any atom is -0.351 e. The van der Waals surface area contributed by atoms with Crippen molar-refractivity contribution in [2.24, 2.45) is 17.2 Å². The minimum atomic E-state index is -3.59. The Hall–Kier alpha value is -5.17. The van der Waals surface area contributed by atoms with Gasteiger partial charge in [-0.3, -0.25) is 9.97 Å². The highest BCUT2D eigenvalue weighted by molar-refractivity contribution is 7.91. The van der Waals surface area contributed by atoms with Gasteiger partial charge in [0.1, 0.15) is 0 Å². The van der Waals surface area contributed by atoms with Crippen LogP contribution in [0.2, 0.25) is 15.3 Å². The van der Waals surface area contributed by atoms with Crippen LogP contribution >= 0.6 is 34.8 Å². The normalized spacial score (nSPS) is 18.5. The summed E-state index contributed by atoms with van der Waals surface area (Å²) in [6.45, 7) is 3.68. The van der Waals surface area contributed by atoms with Crippen molar-refractivity contribution in [1.29, 1.82) is 0 Å². The first-order valence-corrected chi connectivity index (χ1v) is 26.9. The summed E-state index contributed by atoms with van der Waals surface area (Å²) in [5, 5.41) is 3.99. The molecule has 7 N–H and O–H groups in total. The number of halogens is 3. The Morgan fingerprint density at radius 3 is 1.30 bits per heavy atom. The van der Waals surface area contributed by atoms with Gasteiger partial charge in [-0.25, -0.2) is 36.8 Å². The third-order valence-electron chi connectivity index (χ3n) is 11.5. The largest absolute Gasteiger partial charge is 0.351 e. The molecule has 8 rings (SSSR count). The van der Waals surface area contributed by atoms with Crippen LogP contribution in [0, 0.1) is 13.8 Å². The molecular formula is C50H57Cl3N10O4S2. The Bertz CT molecular complexity index is 2920. The molecule has 0 unspecified atom stereocenters. The minimum absolute atomic E-state index is 0.109. The molecule has 2 aromatic carbocycles. The van der Waals surface area contributed by atoms with Crippen molar-refractivity contribution in [1.82, 2.24) is 29.9 Å². The number of hydrogen-bond acceptors (Lipinski definition) is 14. The molecule has 2 fully saturated rings. The van der Waals surface area contributed by atoms with Crippen LogP contribution in [-0.2, 0) is 31.2 Å². The zero-order valence-corrected chi connectivity index (χ0v) is 42.3. The van der Waals surface area contributed by atoms with Crippen molar-refractivity contribution in [3.63, 3.8) is 0 Å². The number of hydrogen-bond donors (Lipinski definition) is 4. The number of sulfone groups is 2. The lowest BCUT2D eigenvalue weighted by atomic mass is 9.92. The molecule has 14 nitrogen and oxygen atoms in total. The van der Waals surface area contributed by atoms with E-state index in [-0.39, 0.29) is 36.6 Å². The van der Waals surface area contributed by atoms with Crippen LogP contribution < -0.4 is 22.5 Å². The molecule has 4 aromatic heterocycles. The number of pyridine rings is 2. The van der Waals surface area contributed by atoms with Gasteiger partial charge in [-0.2, -0.15) is 0 Å². The van der Waals surface area contributed by atoms with Gasteiger partial charge in [-0.15, -0.1) is 0 Å². The van der Waals surface area contributed by atoms with E-state index in [1.54, 1.807) is 73.3 Å². The molecular weight excluding hydrogens is 975 g/mol. The highest BCUT2D eigenvalue weighted by Gasteiger charge is 2.22. The summed E-state index contributed by atoms with van der Waals surface area (Å²) in [5.41, 5.74) is 23.0. The molecule has 2 aliphatic carbocycles. The predicted octanol–water partition coefficient (Wildman–Crippen LogP) is 9.51. The first-order valence-electron chi connectivity index (χ1n) is 22.5. The zero-order valence-electron chi connectivity index (χ0n) is 38.4. The number of aromatic nitrogens is 6. The lowest BCUT2D eigenvalue weighted by molar-refractivity contribution is 0.395. The Kier molecular flexibility index (Phi) is 19.3. The van der Waals surface area contributed by atoms with E-state index in [1.165, 1.54) is 12.1 Å². The Balaban J connectivity index is 0.000000199. The van der Waals surface area contributed by atoms with Gasteiger partial charge in [0.25, 0.3) is 0 Å². The van der Waals surface area contributed by atoms with Gasteiger partial charge < -0.3 is 22.5 Å². The number of nitrogens with one attached hydrogen (secondary N) is 1.